The zero-order chi connectivity index (χ0) is 13.0. The fourth-order valence-electron chi connectivity index (χ4n) is 2.51. The van der Waals surface area contributed by atoms with Crippen LogP contribution in [0.5, 0.6) is 0 Å². The highest BCUT2D eigenvalue weighted by Gasteiger charge is 2.36. The van der Waals surface area contributed by atoms with Gasteiger partial charge in [0.1, 0.15) is 11.9 Å². The van der Waals surface area contributed by atoms with Crippen LogP contribution in [0.4, 0.5) is 0 Å². The quantitative estimate of drug-likeness (QED) is 0.898. The third kappa shape index (κ3) is 2.85. The molecule has 1 fully saturated rings. The molecule has 2 atom stereocenters. The van der Waals surface area contributed by atoms with Gasteiger partial charge < -0.3 is 0 Å². The van der Waals surface area contributed by atoms with Crippen LogP contribution in [0.25, 0.3) is 0 Å². The molecule has 0 saturated heterocycles. The van der Waals surface area contributed by atoms with Crippen molar-refractivity contribution in [2.75, 3.05) is 6.54 Å². The van der Waals surface area contributed by atoms with Gasteiger partial charge in [-0.25, -0.2) is 9.67 Å². The van der Waals surface area contributed by atoms with E-state index in [1.165, 1.54) is 0 Å². The average molecular weight is 265 g/mol. The van der Waals surface area contributed by atoms with Gasteiger partial charge in [-0.15, -0.1) is 0 Å². The number of nitrogens with zero attached hydrogens (tertiary/aromatic N) is 4. The van der Waals surface area contributed by atoms with Crippen LogP contribution in [0.1, 0.15) is 32.6 Å². The second-order valence-electron chi connectivity index (χ2n) is 4.73. The number of rotatable bonds is 4. The summed E-state index contributed by atoms with van der Waals surface area (Å²) in [6.07, 6.45) is 5.65. The molecule has 2 unspecified atom stereocenters. The molecule has 0 radical (unpaired) electrons. The van der Waals surface area contributed by atoms with Crippen LogP contribution >= 0.6 is 11.8 Å². The molecule has 1 saturated carbocycles. The molecule has 98 valence electrons. The molecule has 1 aromatic heterocycles. The largest absolute Gasteiger partial charge is 0.300 e. The molecule has 2 rings (SSSR count). The van der Waals surface area contributed by atoms with Crippen molar-refractivity contribution in [2.45, 2.75) is 48.6 Å². The molecular formula is C12H19N5S. The van der Waals surface area contributed by atoms with Crippen molar-refractivity contribution < 1.29 is 0 Å². The smallest absolute Gasteiger partial charge is 0.186 e. The molecule has 1 aliphatic carbocycles. The van der Waals surface area contributed by atoms with E-state index in [-0.39, 0.29) is 5.54 Å². The van der Waals surface area contributed by atoms with Crippen molar-refractivity contribution in [1.29, 1.82) is 5.26 Å². The van der Waals surface area contributed by atoms with Gasteiger partial charge in [-0.05, 0) is 32.2 Å². The van der Waals surface area contributed by atoms with Gasteiger partial charge in [0.15, 0.2) is 5.16 Å². The molecule has 0 bridgehead atoms. The zero-order valence-electron chi connectivity index (χ0n) is 10.9. The maximum atomic E-state index is 9.42. The first-order chi connectivity index (χ1) is 8.69. The second-order valence-corrected chi connectivity index (χ2v) is 5.99. The number of hydrogen-bond acceptors (Lipinski definition) is 5. The zero-order valence-corrected chi connectivity index (χ0v) is 11.7. The monoisotopic (exact) mass is 265 g/mol. The molecule has 0 aromatic carbocycles. The minimum Gasteiger partial charge on any atom is -0.300 e. The molecule has 1 N–H and O–H groups in total. The van der Waals surface area contributed by atoms with Gasteiger partial charge in [0.2, 0.25) is 0 Å². The van der Waals surface area contributed by atoms with Gasteiger partial charge in [0.05, 0.1) is 6.07 Å². The number of aryl methyl sites for hydroxylation is 1. The Morgan fingerprint density at radius 1 is 1.72 bits per heavy atom. The number of aromatic nitrogens is 3. The molecule has 0 aliphatic heterocycles. The normalized spacial score (nSPS) is 27.9. The minimum absolute atomic E-state index is 0.344. The molecule has 0 spiro atoms. The van der Waals surface area contributed by atoms with Crippen LogP contribution in [-0.4, -0.2) is 32.1 Å². The summed E-state index contributed by atoms with van der Waals surface area (Å²) >= 11 is 1.74. The fraction of sp³-hybridized carbons (Fsp3) is 0.750. The van der Waals surface area contributed by atoms with Crippen LogP contribution in [0.15, 0.2) is 11.5 Å². The lowest BCUT2D eigenvalue weighted by molar-refractivity contribution is 0.309. The Balaban J connectivity index is 2.03. The van der Waals surface area contributed by atoms with Crippen LogP contribution < -0.4 is 5.32 Å². The van der Waals surface area contributed by atoms with Gasteiger partial charge in [-0.3, -0.25) is 5.32 Å². The summed E-state index contributed by atoms with van der Waals surface area (Å²) in [6.45, 7) is 2.90. The Labute approximate surface area is 112 Å². The van der Waals surface area contributed by atoms with Gasteiger partial charge in [-0.1, -0.05) is 18.7 Å². The van der Waals surface area contributed by atoms with Gasteiger partial charge >= 0.3 is 0 Å². The molecule has 1 aliphatic rings. The molecule has 5 nitrogen and oxygen atoms in total. The third-order valence-electron chi connectivity index (χ3n) is 3.38. The van der Waals surface area contributed by atoms with E-state index >= 15 is 0 Å². The Morgan fingerprint density at radius 3 is 3.17 bits per heavy atom. The average Bonchev–Trinajstić information content (AvgIpc) is 2.76. The summed E-state index contributed by atoms with van der Waals surface area (Å²) < 4.78 is 1.79. The van der Waals surface area contributed by atoms with E-state index in [2.05, 4.69) is 28.4 Å². The van der Waals surface area contributed by atoms with E-state index in [0.717, 1.165) is 37.4 Å². The summed E-state index contributed by atoms with van der Waals surface area (Å²) in [5.74, 6) is 0. The lowest BCUT2D eigenvalue weighted by Crippen LogP contribution is -2.48. The van der Waals surface area contributed by atoms with Gasteiger partial charge in [-0.2, -0.15) is 10.4 Å². The topological polar surface area (TPSA) is 66.5 Å². The summed E-state index contributed by atoms with van der Waals surface area (Å²) in [5, 5.41) is 18.2. The highest BCUT2D eigenvalue weighted by molar-refractivity contribution is 7.99. The lowest BCUT2D eigenvalue weighted by Gasteiger charge is -2.35. The van der Waals surface area contributed by atoms with E-state index in [9.17, 15) is 5.26 Å². The fourth-order valence-corrected chi connectivity index (χ4v) is 3.76. The van der Waals surface area contributed by atoms with E-state index < -0.39 is 0 Å². The van der Waals surface area contributed by atoms with Crippen molar-refractivity contribution in [2.24, 2.45) is 7.05 Å². The van der Waals surface area contributed by atoms with Crippen LogP contribution in [-0.2, 0) is 7.05 Å². The van der Waals surface area contributed by atoms with Crippen molar-refractivity contribution in [1.82, 2.24) is 20.1 Å². The van der Waals surface area contributed by atoms with Crippen molar-refractivity contribution in [3.63, 3.8) is 0 Å². The van der Waals surface area contributed by atoms with E-state index in [0.29, 0.717) is 5.25 Å². The SMILES string of the molecule is CCNC1(C#N)CCCC(Sc2ncnn2C)C1. The second kappa shape index (κ2) is 5.72. The molecule has 6 heteroatoms. The molecule has 0 amide bonds. The Morgan fingerprint density at radius 2 is 2.56 bits per heavy atom. The lowest BCUT2D eigenvalue weighted by atomic mass is 9.82. The standard InChI is InChI=1S/C12H19N5S/c1-3-15-12(8-13)6-4-5-10(7-12)18-11-14-9-16-17(11)2/h9-10,15H,3-7H2,1-2H3. The highest BCUT2D eigenvalue weighted by atomic mass is 32.2. The predicted octanol–water partition coefficient (Wildman–Crippen LogP) is 1.72. The first-order valence-electron chi connectivity index (χ1n) is 6.36. The molecular weight excluding hydrogens is 246 g/mol. The molecule has 1 heterocycles. The Bertz CT molecular complexity index is 434. The van der Waals surface area contributed by atoms with E-state index in [4.69, 9.17) is 0 Å². The van der Waals surface area contributed by atoms with Crippen LogP contribution in [0.3, 0.4) is 0 Å². The summed E-state index contributed by atoms with van der Waals surface area (Å²) in [5.41, 5.74) is -0.344. The number of nitrogens with one attached hydrogen (secondary N) is 1. The van der Waals surface area contributed by atoms with Crippen molar-refractivity contribution in [3.05, 3.63) is 6.33 Å². The molecule has 18 heavy (non-hydrogen) atoms. The maximum absolute atomic E-state index is 9.42. The van der Waals surface area contributed by atoms with Gasteiger partial charge in [0.25, 0.3) is 0 Å². The first kappa shape index (κ1) is 13.4. The third-order valence-corrected chi connectivity index (χ3v) is 4.69. The maximum Gasteiger partial charge on any atom is 0.186 e. The minimum atomic E-state index is -0.344. The predicted molar refractivity (Wildman–Crippen MR) is 71.1 cm³/mol. The molecule has 1 aromatic rings. The first-order valence-corrected chi connectivity index (χ1v) is 7.24. The Kier molecular flexibility index (Phi) is 4.25. The van der Waals surface area contributed by atoms with Crippen molar-refractivity contribution >= 4 is 11.8 Å². The summed E-state index contributed by atoms with van der Waals surface area (Å²) in [7, 11) is 1.90. The van der Waals surface area contributed by atoms with E-state index in [1.807, 2.05) is 7.05 Å². The Hall–Kier alpha value is -1.06. The highest BCUT2D eigenvalue weighted by Crippen LogP contribution is 2.37. The van der Waals surface area contributed by atoms with Crippen molar-refractivity contribution in [3.8, 4) is 6.07 Å². The summed E-state index contributed by atoms with van der Waals surface area (Å²) in [6, 6.07) is 2.48. The number of thioether (sulfide) groups is 1. The van der Waals surface area contributed by atoms with Crippen LogP contribution in [0.2, 0.25) is 0 Å². The van der Waals surface area contributed by atoms with E-state index in [1.54, 1.807) is 22.8 Å². The summed E-state index contributed by atoms with van der Waals surface area (Å²) in [4.78, 5) is 4.24. The van der Waals surface area contributed by atoms with Crippen LogP contribution in [0, 0.1) is 11.3 Å². The number of hydrogen-bond donors (Lipinski definition) is 1. The number of nitriles is 1. The van der Waals surface area contributed by atoms with Gasteiger partial charge in [0, 0.05) is 12.3 Å².